The number of carbonyl (C=O) groups excluding carboxylic acids is 2. The topological polar surface area (TPSA) is 106 Å². The van der Waals surface area contributed by atoms with Gasteiger partial charge >= 0.3 is 0 Å². The fourth-order valence-electron chi connectivity index (χ4n) is 5.01. The summed E-state index contributed by atoms with van der Waals surface area (Å²) in [7, 11) is 0. The Morgan fingerprint density at radius 1 is 1.08 bits per heavy atom. The van der Waals surface area contributed by atoms with E-state index in [0.29, 0.717) is 11.2 Å². The molecule has 1 aliphatic rings. The molecule has 0 bridgehead atoms. The van der Waals surface area contributed by atoms with E-state index in [1.54, 1.807) is 11.5 Å². The normalized spacial score (nSPS) is 18.5. The number of hydrogen-bond donors (Lipinski definition) is 3. The van der Waals surface area contributed by atoms with E-state index in [1.165, 1.54) is 0 Å². The van der Waals surface area contributed by atoms with Crippen molar-refractivity contribution in [1.82, 2.24) is 19.3 Å². The van der Waals surface area contributed by atoms with Gasteiger partial charge in [0, 0.05) is 53.5 Å². The lowest BCUT2D eigenvalue weighted by molar-refractivity contribution is 0.0922. The number of imidazole rings is 1. The number of nitrogens with two attached hydrogens (primary N) is 1. The zero-order chi connectivity index (χ0) is 25.6. The summed E-state index contributed by atoms with van der Waals surface area (Å²) in [5.41, 5.74) is 9.45. The van der Waals surface area contributed by atoms with Crippen LogP contribution in [0.4, 0.5) is 5.82 Å². The second-order valence-electron chi connectivity index (χ2n) is 10.9. The lowest BCUT2D eigenvalue weighted by atomic mass is 9.91. The van der Waals surface area contributed by atoms with E-state index in [9.17, 15) is 9.59 Å². The molecule has 4 aromatic rings. The Balaban J connectivity index is 1.59. The quantitative estimate of drug-likeness (QED) is 0.383. The SMILES string of the molecule is CC(=O)n1cc(-c2nc3cc(C(=O)NC4CCC(N)CC4)ccn3c2NC(C)(C)C)c2ccccc21. The second kappa shape index (κ2) is 9.09. The van der Waals surface area contributed by atoms with Crippen molar-refractivity contribution in [2.75, 3.05) is 5.32 Å². The zero-order valence-corrected chi connectivity index (χ0v) is 21.3. The third-order valence-electron chi connectivity index (χ3n) is 6.80. The number of rotatable bonds is 4. The number of amides is 1. The van der Waals surface area contributed by atoms with Crippen LogP contribution in [-0.4, -0.2) is 43.4 Å². The number of fused-ring (bicyclic) bond motifs is 2. The molecule has 3 heterocycles. The number of carbonyl (C=O) groups is 2. The maximum atomic E-state index is 13.0. The van der Waals surface area contributed by atoms with E-state index >= 15 is 0 Å². The van der Waals surface area contributed by atoms with Crippen LogP contribution in [0.5, 0.6) is 0 Å². The maximum Gasteiger partial charge on any atom is 0.251 e. The molecule has 0 atom stereocenters. The highest BCUT2D eigenvalue weighted by atomic mass is 16.2. The molecule has 3 aromatic heterocycles. The summed E-state index contributed by atoms with van der Waals surface area (Å²) in [5.74, 6) is 0.660. The van der Waals surface area contributed by atoms with Gasteiger partial charge in [0.25, 0.3) is 5.91 Å². The van der Waals surface area contributed by atoms with Crippen LogP contribution in [0.2, 0.25) is 0 Å². The third kappa shape index (κ3) is 4.60. The lowest BCUT2D eigenvalue weighted by Crippen LogP contribution is -2.40. The molecule has 1 fully saturated rings. The van der Waals surface area contributed by atoms with Gasteiger partial charge in [0.05, 0.1) is 5.52 Å². The average Bonchev–Trinajstić information content (AvgIpc) is 3.38. The van der Waals surface area contributed by atoms with Crippen molar-refractivity contribution in [2.45, 2.75) is 71.0 Å². The molecule has 1 aliphatic carbocycles. The van der Waals surface area contributed by atoms with Gasteiger partial charge < -0.3 is 16.4 Å². The van der Waals surface area contributed by atoms with E-state index in [-0.39, 0.29) is 29.4 Å². The van der Waals surface area contributed by atoms with Gasteiger partial charge in [0.1, 0.15) is 17.2 Å². The largest absolute Gasteiger partial charge is 0.365 e. The van der Waals surface area contributed by atoms with Gasteiger partial charge in [-0.1, -0.05) is 18.2 Å². The molecule has 0 saturated heterocycles. The van der Waals surface area contributed by atoms with Crippen molar-refractivity contribution < 1.29 is 9.59 Å². The summed E-state index contributed by atoms with van der Waals surface area (Å²) in [6.07, 6.45) is 7.41. The number of para-hydroxylation sites is 1. The van der Waals surface area contributed by atoms with E-state index in [1.807, 2.05) is 53.2 Å². The molecule has 0 unspecified atom stereocenters. The van der Waals surface area contributed by atoms with Crippen LogP contribution in [0.1, 0.15) is 68.5 Å². The standard InChI is InChI=1S/C28H34N6O2/c1-17(35)34-16-22(21-7-5-6-8-23(21)34)25-26(32-28(2,3)4)33-14-13-18(15-24(33)31-25)27(36)30-20-11-9-19(29)10-12-20/h5-8,13-16,19-20,32H,9-12,29H2,1-4H3,(H,30,36). The van der Waals surface area contributed by atoms with Gasteiger partial charge in [-0.2, -0.15) is 0 Å². The first-order valence-corrected chi connectivity index (χ1v) is 12.6. The summed E-state index contributed by atoms with van der Waals surface area (Å²) < 4.78 is 3.63. The molecule has 5 rings (SSSR count). The van der Waals surface area contributed by atoms with Gasteiger partial charge in [-0.05, 0) is 64.7 Å². The molecule has 0 aliphatic heterocycles. The number of nitrogens with zero attached hydrogens (tertiary/aromatic N) is 3. The van der Waals surface area contributed by atoms with Crippen LogP contribution < -0.4 is 16.4 Å². The maximum absolute atomic E-state index is 13.0. The smallest absolute Gasteiger partial charge is 0.251 e. The first-order chi connectivity index (χ1) is 17.1. The van der Waals surface area contributed by atoms with Crippen LogP contribution in [-0.2, 0) is 0 Å². The first-order valence-electron chi connectivity index (χ1n) is 12.6. The second-order valence-corrected chi connectivity index (χ2v) is 10.9. The molecular weight excluding hydrogens is 452 g/mol. The molecule has 8 nitrogen and oxygen atoms in total. The number of aromatic nitrogens is 3. The average molecular weight is 487 g/mol. The Hall–Kier alpha value is -3.65. The Morgan fingerprint density at radius 2 is 1.81 bits per heavy atom. The Bertz CT molecular complexity index is 1450. The minimum absolute atomic E-state index is 0.0610. The van der Waals surface area contributed by atoms with E-state index in [4.69, 9.17) is 10.7 Å². The Labute approximate surface area is 210 Å². The van der Waals surface area contributed by atoms with Crippen molar-refractivity contribution in [1.29, 1.82) is 0 Å². The fourth-order valence-corrected chi connectivity index (χ4v) is 5.01. The zero-order valence-electron chi connectivity index (χ0n) is 21.3. The molecule has 188 valence electrons. The summed E-state index contributed by atoms with van der Waals surface area (Å²) in [6.45, 7) is 7.83. The van der Waals surface area contributed by atoms with Crippen molar-refractivity contribution in [3.63, 3.8) is 0 Å². The first kappa shape index (κ1) is 24.1. The van der Waals surface area contributed by atoms with Crippen molar-refractivity contribution in [3.05, 3.63) is 54.4 Å². The third-order valence-corrected chi connectivity index (χ3v) is 6.80. The number of anilines is 1. The highest BCUT2D eigenvalue weighted by Crippen LogP contribution is 2.36. The highest BCUT2D eigenvalue weighted by molar-refractivity contribution is 6.03. The summed E-state index contributed by atoms with van der Waals surface area (Å²) in [4.78, 5) is 30.4. The predicted molar refractivity (Wildman–Crippen MR) is 143 cm³/mol. The van der Waals surface area contributed by atoms with E-state index in [2.05, 4.69) is 31.4 Å². The number of hydrogen-bond acceptors (Lipinski definition) is 5. The molecule has 0 spiro atoms. The van der Waals surface area contributed by atoms with Gasteiger partial charge in [-0.3, -0.25) is 18.6 Å². The van der Waals surface area contributed by atoms with Gasteiger partial charge in [-0.15, -0.1) is 0 Å². The monoisotopic (exact) mass is 486 g/mol. The molecular formula is C28H34N6O2. The van der Waals surface area contributed by atoms with Crippen LogP contribution in [0.3, 0.4) is 0 Å². The summed E-state index contributed by atoms with van der Waals surface area (Å²) in [6, 6.07) is 11.9. The van der Waals surface area contributed by atoms with Crippen LogP contribution >= 0.6 is 0 Å². The van der Waals surface area contributed by atoms with Crippen LogP contribution in [0.15, 0.2) is 48.8 Å². The molecule has 8 heteroatoms. The van der Waals surface area contributed by atoms with E-state index < -0.39 is 0 Å². The van der Waals surface area contributed by atoms with Gasteiger partial charge in [0.15, 0.2) is 0 Å². The highest BCUT2D eigenvalue weighted by Gasteiger charge is 2.24. The van der Waals surface area contributed by atoms with E-state index in [0.717, 1.165) is 53.7 Å². The molecule has 0 radical (unpaired) electrons. The Morgan fingerprint density at radius 3 is 2.50 bits per heavy atom. The molecule has 4 N–H and O–H groups in total. The molecule has 1 saturated carbocycles. The molecule has 36 heavy (non-hydrogen) atoms. The molecule has 1 amide bonds. The van der Waals surface area contributed by atoms with Crippen molar-refractivity contribution in [3.8, 4) is 11.3 Å². The van der Waals surface area contributed by atoms with Crippen molar-refractivity contribution >= 4 is 34.2 Å². The fraction of sp³-hybridized carbons (Fsp3) is 0.393. The van der Waals surface area contributed by atoms with Gasteiger partial charge in [0.2, 0.25) is 5.91 Å². The molecule has 1 aromatic carbocycles. The lowest BCUT2D eigenvalue weighted by Gasteiger charge is -2.26. The van der Waals surface area contributed by atoms with Crippen molar-refractivity contribution in [2.24, 2.45) is 5.73 Å². The van der Waals surface area contributed by atoms with Gasteiger partial charge in [-0.25, -0.2) is 4.98 Å². The minimum Gasteiger partial charge on any atom is -0.365 e. The minimum atomic E-state index is -0.235. The summed E-state index contributed by atoms with van der Waals surface area (Å²) in [5, 5.41) is 7.70. The number of nitrogens with one attached hydrogen (secondary N) is 2. The Kier molecular flexibility index (Phi) is 6.08. The van der Waals surface area contributed by atoms with Crippen LogP contribution in [0.25, 0.3) is 27.8 Å². The number of benzene rings is 1. The predicted octanol–water partition coefficient (Wildman–Crippen LogP) is 4.83. The number of pyridine rings is 1. The summed E-state index contributed by atoms with van der Waals surface area (Å²) >= 11 is 0. The van der Waals surface area contributed by atoms with Crippen LogP contribution in [0, 0.1) is 0 Å².